The quantitative estimate of drug-likeness (QED) is 0.225. The van der Waals surface area contributed by atoms with Gasteiger partial charge in [-0.3, -0.25) is 0 Å². The molecule has 0 aliphatic heterocycles. The van der Waals surface area contributed by atoms with Crippen LogP contribution in [-0.2, 0) is 23.3 Å². The summed E-state index contributed by atoms with van der Waals surface area (Å²) in [5, 5.41) is 5.33. The first kappa shape index (κ1) is 27.6. The van der Waals surface area contributed by atoms with E-state index in [-0.39, 0.29) is 30.2 Å². The normalized spacial score (nSPS) is 9.45. The molecule has 0 aliphatic carbocycles. The van der Waals surface area contributed by atoms with Crippen LogP contribution < -0.4 is 24.8 Å². The van der Waals surface area contributed by atoms with Crippen LogP contribution in [0.3, 0.4) is 0 Å². The molecule has 158 valence electrons. The van der Waals surface area contributed by atoms with Gasteiger partial charge in [-0.2, -0.15) is 6.07 Å². The number of halogens is 2. The summed E-state index contributed by atoms with van der Waals surface area (Å²) in [6.45, 7) is 6.74. The van der Waals surface area contributed by atoms with Crippen molar-refractivity contribution in [2.24, 2.45) is 0 Å². The van der Waals surface area contributed by atoms with E-state index in [1.54, 1.807) is 23.3 Å². The Morgan fingerprint density at radius 1 is 0.645 bits per heavy atom. The molecule has 0 nitrogen and oxygen atoms in total. The average Bonchev–Trinajstić information content (AvgIpc) is 3.31. The second-order valence-corrected chi connectivity index (χ2v) is 16.8. The monoisotopic (exact) mass is 538 g/mol. The Balaban J connectivity index is 0.000000263. The molecule has 0 bridgehead atoms. The molecule has 0 spiro atoms. The summed E-state index contributed by atoms with van der Waals surface area (Å²) < 4.78 is 0. The average molecular weight is 541 g/mol. The van der Waals surface area contributed by atoms with Gasteiger partial charge in [-0.15, -0.1) is 75.1 Å². The summed E-state index contributed by atoms with van der Waals surface area (Å²) in [5.41, 5.74) is 4.15. The minimum atomic E-state index is 0. The van der Waals surface area contributed by atoms with Crippen LogP contribution in [0.5, 0.6) is 0 Å². The van der Waals surface area contributed by atoms with E-state index in [9.17, 15) is 0 Å². The molecule has 5 aromatic rings. The molecule has 0 aliphatic rings. The Kier molecular flexibility index (Phi) is 12.3. The SMILES string of the molecule is C[Si](C)=[Zr+2].Cc1cc2ccccc2[cH-]1.[Cl-].[Cl-].c1ccc(-c2cc3ccccc3[cH-]2)cc1. The molecular formula is C27H26Cl2SiZr-2. The van der Waals surface area contributed by atoms with Gasteiger partial charge in [0.25, 0.3) is 0 Å². The predicted octanol–water partition coefficient (Wildman–Crippen LogP) is 1.89. The van der Waals surface area contributed by atoms with E-state index in [4.69, 9.17) is 0 Å². The number of hydrogen-bond acceptors (Lipinski definition) is 0. The van der Waals surface area contributed by atoms with Crippen LogP contribution in [0.4, 0.5) is 0 Å². The first-order chi connectivity index (χ1) is 14.0. The first-order valence-electron chi connectivity index (χ1n) is 9.87. The van der Waals surface area contributed by atoms with Crippen molar-refractivity contribution in [3.05, 3.63) is 109 Å². The summed E-state index contributed by atoms with van der Waals surface area (Å²) in [4.78, 5) is 0. The zero-order chi connectivity index (χ0) is 20.6. The summed E-state index contributed by atoms with van der Waals surface area (Å²) in [7, 11) is 0. The van der Waals surface area contributed by atoms with Gasteiger partial charge in [0.05, 0.1) is 0 Å². The molecule has 4 heteroatoms. The Bertz CT molecular complexity index is 1140. The maximum atomic E-state index is 2.31. The molecular weight excluding hydrogens is 515 g/mol. The molecule has 0 heterocycles. The van der Waals surface area contributed by atoms with E-state index in [1.165, 1.54) is 38.2 Å². The largest absolute Gasteiger partial charge is 1.00 e. The van der Waals surface area contributed by atoms with Gasteiger partial charge in [-0.05, 0) is 0 Å². The Hall–Kier alpha value is -1.44. The number of hydrogen-bond donors (Lipinski definition) is 0. The van der Waals surface area contributed by atoms with Crippen LogP contribution in [-0.4, -0.2) is 5.43 Å². The van der Waals surface area contributed by atoms with Crippen molar-refractivity contribution in [1.82, 2.24) is 0 Å². The van der Waals surface area contributed by atoms with Gasteiger partial charge in [0.15, 0.2) is 0 Å². The molecule has 5 rings (SSSR count). The fraction of sp³-hybridized carbons (Fsp3) is 0.111. The molecule has 0 unspecified atom stereocenters. The van der Waals surface area contributed by atoms with Gasteiger partial charge in [0.2, 0.25) is 0 Å². The van der Waals surface area contributed by atoms with Crippen LogP contribution in [0.25, 0.3) is 32.7 Å². The van der Waals surface area contributed by atoms with Gasteiger partial charge in [-0.25, -0.2) is 0 Å². The third kappa shape index (κ3) is 8.54. The van der Waals surface area contributed by atoms with Crippen LogP contribution in [0.1, 0.15) is 5.56 Å². The van der Waals surface area contributed by atoms with Crippen LogP contribution in [0, 0.1) is 6.92 Å². The second-order valence-electron chi connectivity index (χ2n) is 7.40. The summed E-state index contributed by atoms with van der Waals surface area (Å²) in [5.74, 6) is 0. The fourth-order valence-electron chi connectivity index (χ4n) is 3.25. The van der Waals surface area contributed by atoms with Crippen molar-refractivity contribution in [3.8, 4) is 11.1 Å². The molecule has 0 radical (unpaired) electrons. The van der Waals surface area contributed by atoms with Crippen molar-refractivity contribution >= 4 is 27.0 Å². The molecule has 0 N–H and O–H groups in total. The van der Waals surface area contributed by atoms with E-state index in [0.717, 1.165) is 0 Å². The standard InChI is InChI=1S/C15H11.C10H9.C2H6Si.2ClH.Zr/c1-2-6-12(7-3-1)15-10-13-8-4-5-9-14(13)11-15;1-8-6-9-4-2-3-5-10(9)7-8;1-3-2;;;/h1-11H;2-7H,1H3;1-2H3;2*1H;/q2*-1;;;;+2/p-2. The molecule has 31 heavy (non-hydrogen) atoms. The van der Waals surface area contributed by atoms with E-state index < -0.39 is 0 Å². The van der Waals surface area contributed by atoms with Gasteiger partial charge < -0.3 is 24.8 Å². The predicted molar refractivity (Wildman–Crippen MR) is 127 cm³/mol. The third-order valence-electron chi connectivity index (χ3n) is 4.49. The van der Waals surface area contributed by atoms with Crippen LogP contribution in [0.2, 0.25) is 13.1 Å². The number of rotatable bonds is 1. The van der Waals surface area contributed by atoms with Gasteiger partial charge in [0.1, 0.15) is 0 Å². The molecule has 0 aromatic heterocycles. The molecule has 5 aromatic carbocycles. The van der Waals surface area contributed by atoms with Crippen molar-refractivity contribution in [2.45, 2.75) is 20.0 Å². The molecule has 0 atom stereocenters. The third-order valence-corrected chi connectivity index (χ3v) is 4.49. The van der Waals surface area contributed by atoms with E-state index in [2.05, 4.69) is 117 Å². The van der Waals surface area contributed by atoms with Crippen LogP contribution in [0.15, 0.2) is 103 Å². The zero-order valence-electron chi connectivity index (χ0n) is 18.1. The maximum Gasteiger partial charge on any atom is -0.0579 e. The Labute approximate surface area is 213 Å². The summed E-state index contributed by atoms with van der Waals surface area (Å²) in [6, 6.07) is 36.3. The maximum absolute atomic E-state index is 2.31. The molecule has 0 fully saturated rings. The minimum absolute atomic E-state index is 0. The van der Waals surface area contributed by atoms with Gasteiger partial charge in [0, 0.05) is 0 Å². The molecule has 0 amide bonds. The minimum Gasteiger partial charge on any atom is -1.00 e. The zero-order valence-corrected chi connectivity index (χ0v) is 23.0. The van der Waals surface area contributed by atoms with Crippen LogP contribution >= 0.6 is 0 Å². The topological polar surface area (TPSA) is 0 Å². The number of aryl methyl sites for hydroxylation is 1. The summed E-state index contributed by atoms with van der Waals surface area (Å²) in [6.07, 6.45) is 0. The van der Waals surface area contributed by atoms with Crippen molar-refractivity contribution < 1.29 is 48.1 Å². The first-order valence-corrected chi connectivity index (χ1v) is 16.1. The van der Waals surface area contributed by atoms with Crippen molar-refractivity contribution in [3.63, 3.8) is 0 Å². The van der Waals surface area contributed by atoms with Crippen molar-refractivity contribution in [2.75, 3.05) is 0 Å². The van der Waals surface area contributed by atoms with Gasteiger partial charge >= 0.3 is 41.9 Å². The Morgan fingerprint density at radius 2 is 1.10 bits per heavy atom. The number of benzene rings is 3. The van der Waals surface area contributed by atoms with E-state index >= 15 is 0 Å². The van der Waals surface area contributed by atoms with E-state index in [0.29, 0.717) is 0 Å². The Morgan fingerprint density at radius 3 is 1.61 bits per heavy atom. The number of fused-ring (bicyclic) bond motifs is 2. The molecule has 0 saturated heterocycles. The van der Waals surface area contributed by atoms with Gasteiger partial charge in [-0.1, -0.05) is 67.1 Å². The second kappa shape index (κ2) is 13.9. The smallest absolute Gasteiger partial charge is 0.0579 e. The van der Waals surface area contributed by atoms with E-state index in [1.807, 2.05) is 6.07 Å². The van der Waals surface area contributed by atoms with Crippen molar-refractivity contribution in [1.29, 1.82) is 0 Å². The summed E-state index contributed by atoms with van der Waals surface area (Å²) >= 11 is 1.74. The molecule has 0 saturated carbocycles. The fourth-order valence-corrected chi connectivity index (χ4v) is 3.25.